The Morgan fingerprint density at radius 3 is 2.70 bits per heavy atom. The molecule has 0 atom stereocenters. The molecule has 0 bridgehead atoms. The number of nitrogens with zero attached hydrogens (tertiary/aromatic N) is 2. The summed E-state index contributed by atoms with van der Waals surface area (Å²) in [6.45, 7) is 1.55. The first-order valence-electron chi connectivity index (χ1n) is 6.16. The van der Waals surface area contributed by atoms with Gasteiger partial charge in [-0.1, -0.05) is 32.0 Å². The molecule has 7 heteroatoms. The molecule has 0 saturated heterocycles. The number of ether oxygens (including phenoxy) is 1. The Kier molecular flexibility index (Phi) is 4.84. The summed E-state index contributed by atoms with van der Waals surface area (Å²) >= 11 is 1.26. The Bertz CT molecular complexity index is 560. The van der Waals surface area contributed by atoms with Gasteiger partial charge in [-0.15, -0.1) is 0 Å². The predicted octanol–water partition coefficient (Wildman–Crippen LogP) is 3.88. The highest BCUT2D eigenvalue weighted by Gasteiger charge is 2.11. The summed E-state index contributed by atoms with van der Waals surface area (Å²) < 4.78 is 33.3. The van der Waals surface area contributed by atoms with Crippen LogP contribution in [0.3, 0.4) is 0 Å². The fourth-order valence-corrected chi connectivity index (χ4v) is 2.28. The van der Waals surface area contributed by atoms with E-state index in [9.17, 15) is 8.78 Å². The minimum atomic E-state index is -2.83. The first-order chi connectivity index (χ1) is 9.56. The van der Waals surface area contributed by atoms with E-state index in [4.69, 9.17) is 0 Å². The highest BCUT2D eigenvalue weighted by molar-refractivity contribution is 7.09. The highest BCUT2D eigenvalue weighted by atomic mass is 32.1. The van der Waals surface area contributed by atoms with Gasteiger partial charge in [0.1, 0.15) is 11.6 Å². The Labute approximate surface area is 120 Å². The summed E-state index contributed by atoms with van der Waals surface area (Å²) in [6, 6.07) is 6.68. The van der Waals surface area contributed by atoms with Crippen LogP contribution in [0.25, 0.3) is 0 Å². The Hall–Kier alpha value is -1.76. The predicted molar refractivity (Wildman–Crippen MR) is 74.4 cm³/mol. The van der Waals surface area contributed by atoms with E-state index in [1.165, 1.54) is 17.6 Å². The molecule has 2 aromatic rings. The largest absolute Gasteiger partial charge is 0.434 e. The molecule has 0 aliphatic rings. The van der Waals surface area contributed by atoms with Gasteiger partial charge in [-0.25, -0.2) is 4.98 Å². The van der Waals surface area contributed by atoms with Gasteiger partial charge in [0.05, 0.1) is 0 Å². The summed E-state index contributed by atoms with van der Waals surface area (Å²) in [5, 5.41) is 3.74. The lowest BCUT2D eigenvalue weighted by molar-refractivity contribution is -0.0504. The van der Waals surface area contributed by atoms with Crippen LogP contribution in [-0.4, -0.2) is 16.0 Å². The zero-order valence-corrected chi connectivity index (χ0v) is 12.0. The lowest BCUT2D eigenvalue weighted by Crippen LogP contribution is -2.07. The molecule has 0 unspecified atom stereocenters. The summed E-state index contributed by atoms with van der Waals surface area (Å²) in [5.41, 5.74) is 0.647. The Balaban J connectivity index is 2.02. The molecule has 1 N–H and O–H groups in total. The number of nitrogens with one attached hydrogen (secondary N) is 1. The van der Waals surface area contributed by atoms with Crippen LogP contribution < -0.4 is 10.1 Å². The van der Waals surface area contributed by atoms with E-state index < -0.39 is 6.61 Å². The maximum atomic E-state index is 12.3. The molecular formula is C13H15F2N3OS. The van der Waals surface area contributed by atoms with Gasteiger partial charge < -0.3 is 10.1 Å². The number of aromatic nitrogens is 2. The average molecular weight is 299 g/mol. The van der Waals surface area contributed by atoms with Gasteiger partial charge in [-0.3, -0.25) is 0 Å². The van der Waals surface area contributed by atoms with E-state index in [1.54, 1.807) is 18.2 Å². The van der Waals surface area contributed by atoms with Crippen molar-refractivity contribution >= 4 is 16.7 Å². The fraction of sp³-hybridized carbons (Fsp3) is 0.385. The van der Waals surface area contributed by atoms with Gasteiger partial charge in [0.15, 0.2) is 0 Å². The summed E-state index contributed by atoms with van der Waals surface area (Å²) in [4.78, 5) is 4.32. The van der Waals surface area contributed by atoms with Crippen molar-refractivity contribution in [2.24, 2.45) is 0 Å². The molecule has 1 aromatic carbocycles. The van der Waals surface area contributed by atoms with Crippen molar-refractivity contribution in [3.63, 3.8) is 0 Å². The molecule has 1 heterocycles. The molecule has 1 aromatic heterocycles. The smallest absolute Gasteiger partial charge is 0.387 e. The highest BCUT2D eigenvalue weighted by Crippen LogP contribution is 2.23. The lowest BCUT2D eigenvalue weighted by Gasteiger charge is -2.10. The van der Waals surface area contributed by atoms with Crippen molar-refractivity contribution in [1.29, 1.82) is 0 Å². The third-order valence-electron chi connectivity index (χ3n) is 2.58. The van der Waals surface area contributed by atoms with Crippen molar-refractivity contribution < 1.29 is 13.5 Å². The van der Waals surface area contributed by atoms with Crippen LogP contribution >= 0.6 is 11.5 Å². The summed E-state index contributed by atoms with van der Waals surface area (Å²) in [6.07, 6.45) is 0. The average Bonchev–Trinajstić information content (AvgIpc) is 2.86. The second kappa shape index (κ2) is 6.60. The van der Waals surface area contributed by atoms with Crippen LogP contribution in [0.15, 0.2) is 24.3 Å². The molecule has 4 nitrogen and oxygen atoms in total. The number of alkyl halides is 2. The number of rotatable bonds is 6. The van der Waals surface area contributed by atoms with Crippen LogP contribution in [-0.2, 0) is 6.54 Å². The number of hydrogen-bond acceptors (Lipinski definition) is 5. The maximum Gasteiger partial charge on any atom is 0.387 e. The number of halogens is 2. The molecule has 2 rings (SSSR count). The molecule has 0 saturated carbocycles. The van der Waals surface area contributed by atoms with Crippen LogP contribution in [0.5, 0.6) is 5.75 Å². The molecule has 0 aliphatic carbocycles. The van der Waals surface area contributed by atoms with Crippen LogP contribution in [0.1, 0.15) is 31.2 Å². The lowest BCUT2D eigenvalue weighted by atomic mass is 10.2. The van der Waals surface area contributed by atoms with E-state index in [1.807, 2.05) is 13.8 Å². The van der Waals surface area contributed by atoms with Crippen LogP contribution in [0.2, 0.25) is 0 Å². The van der Waals surface area contributed by atoms with E-state index in [2.05, 4.69) is 19.4 Å². The van der Waals surface area contributed by atoms with Gasteiger partial charge in [-0.05, 0) is 6.07 Å². The summed E-state index contributed by atoms with van der Waals surface area (Å²) in [5.74, 6) is 1.20. The minimum Gasteiger partial charge on any atom is -0.434 e. The normalized spacial score (nSPS) is 11.1. The van der Waals surface area contributed by atoms with Gasteiger partial charge in [0.2, 0.25) is 5.13 Å². The Morgan fingerprint density at radius 1 is 1.30 bits per heavy atom. The van der Waals surface area contributed by atoms with E-state index in [-0.39, 0.29) is 11.7 Å². The SMILES string of the molecule is CC(C)c1nsc(NCc2ccccc2OC(F)F)n1. The Morgan fingerprint density at radius 2 is 2.05 bits per heavy atom. The van der Waals surface area contributed by atoms with E-state index >= 15 is 0 Å². The van der Waals surface area contributed by atoms with Gasteiger partial charge in [0.25, 0.3) is 0 Å². The van der Waals surface area contributed by atoms with E-state index in [0.29, 0.717) is 17.2 Å². The number of hydrogen-bond donors (Lipinski definition) is 1. The quantitative estimate of drug-likeness (QED) is 0.879. The standard InChI is InChI=1S/C13H15F2N3OS/c1-8(2)11-17-13(20-18-11)16-7-9-5-3-4-6-10(9)19-12(14)15/h3-6,8,12H,7H2,1-2H3,(H,16,17,18). The van der Waals surface area contributed by atoms with Gasteiger partial charge >= 0.3 is 6.61 Å². The van der Waals surface area contributed by atoms with Crippen molar-refractivity contribution in [1.82, 2.24) is 9.36 Å². The third-order valence-corrected chi connectivity index (χ3v) is 3.26. The number of benzene rings is 1. The van der Waals surface area contributed by atoms with E-state index in [0.717, 1.165) is 5.82 Å². The monoisotopic (exact) mass is 299 g/mol. The van der Waals surface area contributed by atoms with Crippen LogP contribution in [0.4, 0.5) is 13.9 Å². The molecule has 108 valence electrons. The van der Waals surface area contributed by atoms with Gasteiger partial charge in [0, 0.05) is 29.6 Å². The number of para-hydroxylation sites is 1. The third kappa shape index (κ3) is 3.86. The summed E-state index contributed by atoms with van der Waals surface area (Å²) in [7, 11) is 0. The molecule has 0 radical (unpaired) electrons. The first kappa shape index (κ1) is 14.6. The second-order valence-corrected chi connectivity index (χ2v) is 5.20. The van der Waals surface area contributed by atoms with Crippen molar-refractivity contribution in [3.05, 3.63) is 35.7 Å². The fourth-order valence-electron chi connectivity index (χ4n) is 1.57. The zero-order valence-electron chi connectivity index (χ0n) is 11.1. The molecular weight excluding hydrogens is 284 g/mol. The molecule has 0 fully saturated rings. The first-order valence-corrected chi connectivity index (χ1v) is 6.94. The van der Waals surface area contributed by atoms with Crippen molar-refractivity contribution in [2.45, 2.75) is 32.9 Å². The molecule has 0 aliphatic heterocycles. The van der Waals surface area contributed by atoms with Crippen LogP contribution in [0, 0.1) is 0 Å². The molecule has 0 amide bonds. The van der Waals surface area contributed by atoms with Crippen molar-refractivity contribution in [2.75, 3.05) is 5.32 Å². The molecule has 20 heavy (non-hydrogen) atoms. The van der Waals surface area contributed by atoms with Gasteiger partial charge in [-0.2, -0.15) is 13.2 Å². The zero-order chi connectivity index (χ0) is 14.5. The second-order valence-electron chi connectivity index (χ2n) is 4.45. The number of anilines is 1. The van der Waals surface area contributed by atoms with Crippen molar-refractivity contribution in [3.8, 4) is 5.75 Å². The maximum absolute atomic E-state index is 12.3. The minimum absolute atomic E-state index is 0.170. The topological polar surface area (TPSA) is 47.0 Å². The molecule has 0 spiro atoms.